The lowest BCUT2D eigenvalue weighted by molar-refractivity contribution is 0.0625. The Labute approximate surface area is 199 Å². The minimum absolute atomic E-state index is 0.0786. The van der Waals surface area contributed by atoms with Crippen LogP contribution in [0.4, 0.5) is 0 Å². The molecule has 1 aromatic carbocycles. The molecule has 3 aromatic heterocycles. The van der Waals surface area contributed by atoms with E-state index in [0.717, 1.165) is 46.8 Å². The number of aromatic amines is 1. The number of hydrogen-bond donors (Lipinski definition) is 1. The van der Waals surface area contributed by atoms with Gasteiger partial charge in [-0.1, -0.05) is 12.1 Å². The normalized spacial score (nSPS) is 16.4. The zero-order valence-electron chi connectivity index (χ0n) is 18.2. The zero-order valence-corrected chi connectivity index (χ0v) is 19.8. The molecule has 168 valence electrons. The molecule has 1 aliphatic heterocycles. The van der Waals surface area contributed by atoms with Crippen molar-refractivity contribution in [2.75, 3.05) is 26.2 Å². The molecule has 1 N–H and O–H groups in total. The van der Waals surface area contributed by atoms with Gasteiger partial charge in [-0.25, -0.2) is 4.98 Å². The van der Waals surface area contributed by atoms with E-state index in [1.807, 2.05) is 33.9 Å². The number of nitrogens with one attached hydrogen (secondary N) is 1. The number of hydrogen-bond acceptors (Lipinski definition) is 6. The second kappa shape index (κ2) is 8.52. The second-order valence-electron chi connectivity index (χ2n) is 8.72. The molecule has 6 nitrogen and oxygen atoms in total. The van der Waals surface area contributed by atoms with E-state index in [1.165, 1.54) is 28.9 Å². The van der Waals surface area contributed by atoms with Gasteiger partial charge in [-0.2, -0.15) is 0 Å². The average Bonchev–Trinajstić information content (AvgIpc) is 3.58. The molecule has 8 heteroatoms. The van der Waals surface area contributed by atoms with Crippen LogP contribution in [0.2, 0.25) is 0 Å². The summed E-state index contributed by atoms with van der Waals surface area (Å²) in [7, 11) is 0. The first-order valence-electron chi connectivity index (χ1n) is 11.3. The van der Waals surface area contributed by atoms with E-state index < -0.39 is 0 Å². The third-order valence-corrected chi connectivity index (χ3v) is 8.43. The maximum Gasteiger partial charge on any atom is 0.260 e. The van der Waals surface area contributed by atoms with Gasteiger partial charge in [-0.15, -0.1) is 22.7 Å². The van der Waals surface area contributed by atoms with Gasteiger partial charge in [-0.05, 0) is 54.0 Å². The fourth-order valence-corrected chi connectivity index (χ4v) is 6.67. The number of carbonyl (C=O) groups excluding carboxylic acids is 1. The number of aryl methyl sites for hydroxylation is 2. The number of nitrogens with zero attached hydrogens (tertiary/aromatic N) is 3. The van der Waals surface area contributed by atoms with E-state index >= 15 is 0 Å². The number of amides is 1. The number of rotatable bonds is 4. The van der Waals surface area contributed by atoms with E-state index in [2.05, 4.69) is 22.0 Å². The quantitative estimate of drug-likeness (QED) is 0.480. The van der Waals surface area contributed by atoms with E-state index in [1.54, 1.807) is 11.3 Å². The number of fused-ring (bicyclic) bond motifs is 2. The predicted octanol–water partition coefficient (Wildman–Crippen LogP) is 4.16. The number of H-pyrrole nitrogens is 1. The van der Waals surface area contributed by atoms with Gasteiger partial charge < -0.3 is 9.88 Å². The van der Waals surface area contributed by atoms with Crippen LogP contribution in [0.5, 0.6) is 0 Å². The number of aromatic nitrogens is 2. The first-order chi connectivity index (χ1) is 16.2. The monoisotopic (exact) mass is 476 g/mol. The SMILES string of the molecule is O=C(c1ccc2c(c1)CCC2)N1CCN(Cc2nc3scc(-c4cccs4)c3c(=O)[nH]2)CC1. The first-order valence-corrected chi connectivity index (χ1v) is 13.1. The molecule has 33 heavy (non-hydrogen) atoms. The van der Waals surface area contributed by atoms with Crippen molar-refractivity contribution in [1.29, 1.82) is 0 Å². The highest BCUT2D eigenvalue weighted by Gasteiger charge is 2.24. The van der Waals surface area contributed by atoms with E-state index in [4.69, 9.17) is 4.98 Å². The summed E-state index contributed by atoms with van der Waals surface area (Å²) in [5, 5.41) is 4.71. The van der Waals surface area contributed by atoms with Crippen molar-refractivity contribution in [2.45, 2.75) is 25.8 Å². The van der Waals surface area contributed by atoms with Crippen LogP contribution >= 0.6 is 22.7 Å². The zero-order chi connectivity index (χ0) is 22.4. The van der Waals surface area contributed by atoms with Gasteiger partial charge in [0.15, 0.2) is 0 Å². The lowest BCUT2D eigenvalue weighted by Crippen LogP contribution is -2.48. The summed E-state index contributed by atoms with van der Waals surface area (Å²) in [6.07, 6.45) is 3.40. The molecule has 0 bridgehead atoms. The van der Waals surface area contributed by atoms with E-state index in [-0.39, 0.29) is 11.5 Å². The maximum atomic E-state index is 13.0. The molecular formula is C25H24N4O2S2. The standard InChI is InChI=1S/C25H24N4O2S2/c30-23-22-19(20-5-2-12-32-20)15-33-24(22)27-21(26-23)14-28-8-10-29(11-9-28)25(31)18-7-6-16-3-1-4-17(16)13-18/h2,5-7,12-13,15H,1,3-4,8-11,14H2,(H,26,27,30). The van der Waals surface area contributed by atoms with Crippen LogP contribution in [0.1, 0.15) is 33.7 Å². The Balaban J connectivity index is 1.13. The van der Waals surface area contributed by atoms with Crippen LogP contribution in [-0.4, -0.2) is 51.9 Å². The molecule has 0 saturated carbocycles. The van der Waals surface area contributed by atoms with Crippen LogP contribution in [0, 0.1) is 0 Å². The lowest BCUT2D eigenvalue weighted by atomic mass is 10.1. The number of piperazine rings is 1. The molecule has 1 aliphatic carbocycles. The molecule has 1 amide bonds. The van der Waals surface area contributed by atoms with Crippen LogP contribution in [0.25, 0.3) is 20.7 Å². The van der Waals surface area contributed by atoms with Crippen molar-refractivity contribution in [3.05, 3.63) is 74.0 Å². The summed E-state index contributed by atoms with van der Waals surface area (Å²) in [6, 6.07) is 10.2. The molecule has 2 aliphatic rings. The molecule has 6 rings (SSSR count). The Hall–Kier alpha value is -2.81. The molecule has 1 saturated heterocycles. The summed E-state index contributed by atoms with van der Waals surface area (Å²) in [5.41, 5.74) is 4.41. The Morgan fingerprint density at radius 3 is 2.73 bits per heavy atom. The largest absolute Gasteiger partial charge is 0.336 e. The molecule has 0 spiro atoms. The van der Waals surface area contributed by atoms with Crippen molar-refractivity contribution >= 4 is 38.8 Å². The van der Waals surface area contributed by atoms with Crippen LogP contribution < -0.4 is 5.56 Å². The van der Waals surface area contributed by atoms with Crippen LogP contribution in [0.3, 0.4) is 0 Å². The number of carbonyl (C=O) groups is 1. The Kier molecular flexibility index (Phi) is 5.36. The smallest absolute Gasteiger partial charge is 0.260 e. The molecular weight excluding hydrogens is 452 g/mol. The summed E-state index contributed by atoms with van der Waals surface area (Å²) >= 11 is 3.15. The van der Waals surface area contributed by atoms with E-state index in [9.17, 15) is 9.59 Å². The van der Waals surface area contributed by atoms with Crippen molar-refractivity contribution in [3.63, 3.8) is 0 Å². The van der Waals surface area contributed by atoms with E-state index in [0.29, 0.717) is 30.8 Å². The third-order valence-electron chi connectivity index (χ3n) is 6.66. The van der Waals surface area contributed by atoms with Gasteiger partial charge in [0.2, 0.25) is 0 Å². The minimum Gasteiger partial charge on any atom is -0.336 e. The highest BCUT2D eigenvalue weighted by atomic mass is 32.1. The fraction of sp³-hybridized carbons (Fsp3) is 0.320. The Morgan fingerprint density at radius 1 is 1.06 bits per heavy atom. The molecule has 0 unspecified atom stereocenters. The molecule has 4 heterocycles. The highest BCUT2D eigenvalue weighted by Crippen LogP contribution is 2.33. The Morgan fingerprint density at radius 2 is 1.91 bits per heavy atom. The summed E-state index contributed by atoms with van der Waals surface area (Å²) in [5.74, 6) is 0.808. The second-order valence-corrected chi connectivity index (χ2v) is 10.5. The third kappa shape index (κ3) is 3.92. The summed E-state index contributed by atoms with van der Waals surface area (Å²) in [4.78, 5) is 39.6. The topological polar surface area (TPSA) is 69.3 Å². The molecule has 0 atom stereocenters. The maximum absolute atomic E-state index is 13.0. The van der Waals surface area contributed by atoms with Gasteiger partial charge in [0.1, 0.15) is 10.7 Å². The fourth-order valence-electron chi connectivity index (χ4n) is 4.89. The average molecular weight is 477 g/mol. The lowest BCUT2D eigenvalue weighted by Gasteiger charge is -2.34. The first kappa shape index (κ1) is 20.8. The predicted molar refractivity (Wildman–Crippen MR) is 133 cm³/mol. The summed E-state index contributed by atoms with van der Waals surface area (Å²) in [6.45, 7) is 3.48. The van der Waals surface area contributed by atoms with Gasteiger partial charge in [0.25, 0.3) is 11.5 Å². The minimum atomic E-state index is -0.0786. The van der Waals surface area contributed by atoms with Crippen molar-refractivity contribution in [1.82, 2.24) is 19.8 Å². The van der Waals surface area contributed by atoms with Crippen LogP contribution in [0.15, 0.2) is 45.9 Å². The number of benzene rings is 1. The van der Waals surface area contributed by atoms with Crippen molar-refractivity contribution < 1.29 is 4.79 Å². The van der Waals surface area contributed by atoms with Gasteiger partial charge in [0.05, 0.1) is 11.9 Å². The molecule has 0 radical (unpaired) electrons. The van der Waals surface area contributed by atoms with Gasteiger partial charge in [0, 0.05) is 47.6 Å². The van der Waals surface area contributed by atoms with Crippen molar-refractivity contribution in [3.8, 4) is 10.4 Å². The highest BCUT2D eigenvalue weighted by molar-refractivity contribution is 7.18. The van der Waals surface area contributed by atoms with Crippen LogP contribution in [-0.2, 0) is 19.4 Å². The van der Waals surface area contributed by atoms with Gasteiger partial charge in [-0.3, -0.25) is 14.5 Å². The molecule has 4 aromatic rings. The summed E-state index contributed by atoms with van der Waals surface area (Å²) < 4.78 is 0. The Bertz CT molecular complexity index is 1380. The number of thiophene rings is 2. The molecule has 1 fully saturated rings. The van der Waals surface area contributed by atoms with Gasteiger partial charge >= 0.3 is 0 Å². The van der Waals surface area contributed by atoms with Crippen molar-refractivity contribution in [2.24, 2.45) is 0 Å².